The molecule has 1 aromatic carbocycles. The summed E-state index contributed by atoms with van der Waals surface area (Å²) < 4.78 is 2.79. The predicted molar refractivity (Wildman–Crippen MR) is 70.0 cm³/mol. The number of fused-ring (bicyclic) bond motifs is 1. The lowest BCUT2D eigenvalue weighted by molar-refractivity contribution is 0.475. The highest BCUT2D eigenvalue weighted by molar-refractivity contribution is 9.10. The maximum absolute atomic E-state index is 9.28. The quantitative estimate of drug-likeness (QED) is 0.744. The van der Waals surface area contributed by atoms with E-state index in [1.807, 2.05) is 41.0 Å². The normalized spacial score (nSPS) is 10.9. The second kappa shape index (κ2) is 3.89. The van der Waals surface area contributed by atoms with Gasteiger partial charge in [-0.2, -0.15) is 5.10 Å². The molecule has 3 aromatic rings. The monoisotopic (exact) mass is 288 g/mol. The van der Waals surface area contributed by atoms with E-state index in [1.54, 1.807) is 12.1 Å². The van der Waals surface area contributed by atoms with Crippen molar-refractivity contribution in [2.45, 2.75) is 0 Å². The lowest BCUT2D eigenvalue weighted by Crippen LogP contribution is -1.84. The van der Waals surface area contributed by atoms with Crippen LogP contribution in [-0.2, 0) is 0 Å². The van der Waals surface area contributed by atoms with Gasteiger partial charge in [-0.25, -0.2) is 4.52 Å². The number of rotatable bonds is 1. The van der Waals surface area contributed by atoms with Crippen LogP contribution in [-0.4, -0.2) is 14.7 Å². The van der Waals surface area contributed by atoms with Gasteiger partial charge < -0.3 is 5.11 Å². The molecule has 0 amide bonds. The van der Waals surface area contributed by atoms with Gasteiger partial charge in [0.15, 0.2) is 0 Å². The van der Waals surface area contributed by atoms with E-state index in [1.165, 1.54) is 0 Å². The van der Waals surface area contributed by atoms with E-state index in [0.29, 0.717) is 0 Å². The van der Waals surface area contributed by atoms with Crippen LogP contribution in [0.25, 0.3) is 16.8 Å². The van der Waals surface area contributed by atoms with Gasteiger partial charge in [-0.15, -0.1) is 0 Å². The Morgan fingerprint density at radius 3 is 2.53 bits per heavy atom. The molecule has 2 heterocycles. The third-order valence-electron chi connectivity index (χ3n) is 2.62. The Balaban J connectivity index is 2.24. The summed E-state index contributed by atoms with van der Waals surface area (Å²) in [5.41, 5.74) is 2.87. The largest absolute Gasteiger partial charge is 0.508 e. The zero-order valence-corrected chi connectivity index (χ0v) is 10.4. The minimum absolute atomic E-state index is 0.258. The van der Waals surface area contributed by atoms with Crippen molar-refractivity contribution in [1.29, 1.82) is 0 Å². The number of phenolic OH excluding ortho intramolecular Hbond substituents is 1. The van der Waals surface area contributed by atoms with Gasteiger partial charge in [0.25, 0.3) is 0 Å². The lowest BCUT2D eigenvalue weighted by Gasteiger charge is -1.97. The molecule has 2 aromatic heterocycles. The lowest BCUT2D eigenvalue weighted by atomic mass is 10.1. The summed E-state index contributed by atoms with van der Waals surface area (Å²) in [5.74, 6) is 0.258. The minimum atomic E-state index is 0.258. The SMILES string of the molecule is Oc1ccc(-c2nn3ccccc3c2Br)cc1. The summed E-state index contributed by atoms with van der Waals surface area (Å²) in [6.45, 7) is 0. The van der Waals surface area contributed by atoms with Crippen LogP contribution in [0.5, 0.6) is 5.75 Å². The van der Waals surface area contributed by atoms with Crippen LogP contribution in [0, 0.1) is 0 Å². The number of nitrogens with zero attached hydrogens (tertiary/aromatic N) is 2. The molecule has 0 aliphatic carbocycles. The fraction of sp³-hybridized carbons (Fsp3) is 0. The maximum Gasteiger partial charge on any atom is 0.115 e. The van der Waals surface area contributed by atoms with Gasteiger partial charge in [0.2, 0.25) is 0 Å². The van der Waals surface area contributed by atoms with Gasteiger partial charge in [-0.3, -0.25) is 0 Å². The Labute approximate surface area is 106 Å². The molecule has 0 bridgehead atoms. The van der Waals surface area contributed by atoms with Crippen LogP contribution in [0.3, 0.4) is 0 Å². The van der Waals surface area contributed by atoms with Gasteiger partial charge in [0.1, 0.15) is 11.4 Å². The van der Waals surface area contributed by atoms with Crippen LogP contribution >= 0.6 is 15.9 Å². The fourth-order valence-corrected chi connectivity index (χ4v) is 2.39. The first-order valence-corrected chi connectivity index (χ1v) is 5.97. The Kier molecular flexibility index (Phi) is 2.37. The van der Waals surface area contributed by atoms with Crippen molar-refractivity contribution in [3.63, 3.8) is 0 Å². The van der Waals surface area contributed by atoms with Crippen molar-refractivity contribution < 1.29 is 5.11 Å². The summed E-state index contributed by atoms with van der Waals surface area (Å²) in [6.07, 6.45) is 1.91. The van der Waals surface area contributed by atoms with Crippen molar-refractivity contribution in [3.05, 3.63) is 53.1 Å². The number of aromatic hydroxyl groups is 1. The first-order valence-electron chi connectivity index (χ1n) is 5.18. The Morgan fingerprint density at radius 2 is 1.82 bits per heavy atom. The number of benzene rings is 1. The third kappa shape index (κ3) is 1.70. The molecule has 0 radical (unpaired) electrons. The molecule has 0 saturated carbocycles. The zero-order valence-electron chi connectivity index (χ0n) is 8.84. The van der Waals surface area contributed by atoms with E-state index in [-0.39, 0.29) is 5.75 Å². The van der Waals surface area contributed by atoms with Gasteiger partial charge in [-0.1, -0.05) is 6.07 Å². The number of hydrogen-bond donors (Lipinski definition) is 1. The second-order valence-corrected chi connectivity index (χ2v) is 4.53. The van der Waals surface area contributed by atoms with Gasteiger partial charge in [0, 0.05) is 11.8 Å². The van der Waals surface area contributed by atoms with Crippen LogP contribution in [0.2, 0.25) is 0 Å². The van der Waals surface area contributed by atoms with Crippen molar-refractivity contribution in [2.75, 3.05) is 0 Å². The second-order valence-electron chi connectivity index (χ2n) is 3.74. The highest BCUT2D eigenvalue weighted by Gasteiger charge is 2.11. The summed E-state index contributed by atoms with van der Waals surface area (Å²) in [6, 6.07) is 12.9. The van der Waals surface area contributed by atoms with Crippen LogP contribution < -0.4 is 0 Å². The van der Waals surface area contributed by atoms with E-state index in [4.69, 9.17) is 0 Å². The molecule has 84 valence electrons. The molecule has 0 spiro atoms. The molecule has 0 saturated heterocycles. The van der Waals surface area contributed by atoms with Crippen LogP contribution in [0.4, 0.5) is 0 Å². The molecule has 0 unspecified atom stereocenters. The number of pyridine rings is 1. The van der Waals surface area contributed by atoms with Gasteiger partial charge >= 0.3 is 0 Å². The maximum atomic E-state index is 9.28. The molecule has 17 heavy (non-hydrogen) atoms. The first-order chi connectivity index (χ1) is 8.25. The molecule has 0 atom stereocenters. The van der Waals surface area contributed by atoms with Gasteiger partial charge in [0.05, 0.1) is 9.99 Å². The smallest absolute Gasteiger partial charge is 0.115 e. The van der Waals surface area contributed by atoms with Crippen molar-refractivity contribution in [2.24, 2.45) is 0 Å². The summed E-state index contributed by atoms with van der Waals surface area (Å²) in [5, 5.41) is 13.8. The summed E-state index contributed by atoms with van der Waals surface area (Å²) >= 11 is 3.56. The molecule has 3 nitrogen and oxygen atoms in total. The van der Waals surface area contributed by atoms with Gasteiger partial charge in [-0.05, 0) is 52.3 Å². The average molecular weight is 289 g/mol. The van der Waals surface area contributed by atoms with Crippen LogP contribution in [0.1, 0.15) is 0 Å². The first kappa shape index (κ1) is 10.4. The molecular weight excluding hydrogens is 280 g/mol. The number of aromatic nitrogens is 2. The van der Waals surface area contributed by atoms with Crippen LogP contribution in [0.15, 0.2) is 53.1 Å². The molecule has 3 rings (SSSR count). The van der Waals surface area contributed by atoms with Crippen molar-refractivity contribution >= 4 is 21.4 Å². The van der Waals surface area contributed by atoms with E-state index in [9.17, 15) is 5.11 Å². The number of halogens is 1. The third-order valence-corrected chi connectivity index (χ3v) is 3.40. The van der Waals surface area contributed by atoms with E-state index in [2.05, 4.69) is 21.0 Å². The van der Waals surface area contributed by atoms with Crippen molar-refractivity contribution in [1.82, 2.24) is 9.61 Å². The minimum Gasteiger partial charge on any atom is -0.508 e. The molecule has 0 fully saturated rings. The highest BCUT2D eigenvalue weighted by Crippen LogP contribution is 2.31. The molecule has 0 aliphatic heterocycles. The zero-order chi connectivity index (χ0) is 11.8. The predicted octanol–water partition coefficient (Wildman–Crippen LogP) is 3.47. The standard InChI is InChI=1S/C13H9BrN2O/c14-12-11-3-1-2-8-16(11)15-13(12)9-4-6-10(17)7-5-9/h1-8,17H. The molecule has 4 heteroatoms. The highest BCUT2D eigenvalue weighted by atomic mass is 79.9. The molecule has 0 aliphatic rings. The van der Waals surface area contributed by atoms with E-state index < -0.39 is 0 Å². The van der Waals surface area contributed by atoms with E-state index in [0.717, 1.165) is 21.2 Å². The summed E-state index contributed by atoms with van der Waals surface area (Å²) in [7, 11) is 0. The number of phenols is 1. The van der Waals surface area contributed by atoms with E-state index >= 15 is 0 Å². The van der Waals surface area contributed by atoms with Crippen molar-refractivity contribution in [3.8, 4) is 17.0 Å². The average Bonchev–Trinajstić information content (AvgIpc) is 2.69. The Bertz CT molecular complexity index is 673. The number of hydrogen-bond acceptors (Lipinski definition) is 2. The fourth-order valence-electron chi connectivity index (χ4n) is 1.77. The Hall–Kier alpha value is -1.81. The molecule has 1 N–H and O–H groups in total. The summed E-state index contributed by atoms with van der Waals surface area (Å²) in [4.78, 5) is 0. The molecular formula is C13H9BrN2O. The Morgan fingerprint density at radius 1 is 1.06 bits per heavy atom. The topological polar surface area (TPSA) is 37.5 Å².